The van der Waals surface area contributed by atoms with Gasteiger partial charge in [-0.25, -0.2) is 0 Å². The molecule has 5 nitrogen and oxygen atoms in total. The molecule has 2 rings (SSSR count). The summed E-state index contributed by atoms with van der Waals surface area (Å²) in [6.45, 7) is 9.92. The summed E-state index contributed by atoms with van der Waals surface area (Å²) in [5.74, 6) is 0.348. The van der Waals surface area contributed by atoms with E-state index in [-0.39, 0.29) is 16.7 Å². The molecule has 0 spiro atoms. The molecular formula is C17H24N2O3. The summed E-state index contributed by atoms with van der Waals surface area (Å²) in [4.78, 5) is 10.9. The lowest BCUT2D eigenvalue weighted by Crippen LogP contribution is -2.36. The molecule has 1 aliphatic heterocycles. The number of rotatable bonds is 4. The number of aryl methyl sites for hydroxylation is 1. The normalized spacial score (nSPS) is 21.6. The first-order valence-electron chi connectivity index (χ1n) is 7.70. The third kappa shape index (κ3) is 3.65. The van der Waals surface area contributed by atoms with Gasteiger partial charge in [-0.1, -0.05) is 6.08 Å². The van der Waals surface area contributed by atoms with Crippen LogP contribution in [-0.2, 0) is 0 Å². The van der Waals surface area contributed by atoms with Gasteiger partial charge in [-0.3, -0.25) is 10.1 Å². The van der Waals surface area contributed by atoms with Crippen LogP contribution in [0.2, 0.25) is 0 Å². The van der Waals surface area contributed by atoms with Gasteiger partial charge in [-0.15, -0.1) is 0 Å². The van der Waals surface area contributed by atoms with Crippen LogP contribution in [0, 0.1) is 17.0 Å². The van der Waals surface area contributed by atoms with Crippen LogP contribution in [0.4, 0.5) is 5.69 Å². The Kier molecular flexibility index (Phi) is 4.86. The van der Waals surface area contributed by atoms with Gasteiger partial charge in [0.25, 0.3) is 0 Å². The molecule has 22 heavy (non-hydrogen) atoms. The van der Waals surface area contributed by atoms with Crippen LogP contribution in [0.1, 0.15) is 45.2 Å². The highest BCUT2D eigenvalue weighted by molar-refractivity contribution is 5.73. The number of benzene rings is 1. The Labute approximate surface area is 131 Å². The maximum Gasteiger partial charge on any atom is 0.311 e. The first-order valence-corrected chi connectivity index (χ1v) is 7.70. The second-order valence-corrected chi connectivity index (χ2v) is 6.31. The van der Waals surface area contributed by atoms with Gasteiger partial charge < -0.3 is 10.1 Å². The Morgan fingerprint density at radius 3 is 2.59 bits per heavy atom. The fourth-order valence-electron chi connectivity index (χ4n) is 2.97. The number of hydrogen-bond acceptors (Lipinski definition) is 4. The molecule has 0 saturated heterocycles. The minimum atomic E-state index is -0.378. The van der Waals surface area contributed by atoms with Gasteiger partial charge in [-0.2, -0.15) is 0 Å². The smallest absolute Gasteiger partial charge is 0.311 e. The second-order valence-electron chi connectivity index (χ2n) is 6.31. The average molecular weight is 304 g/mol. The molecule has 1 heterocycles. The monoisotopic (exact) mass is 304 g/mol. The number of nitro groups is 1. The Hall–Kier alpha value is -1.88. The lowest BCUT2D eigenvalue weighted by Gasteiger charge is -2.27. The molecule has 0 aliphatic carbocycles. The zero-order valence-corrected chi connectivity index (χ0v) is 13.8. The van der Waals surface area contributed by atoms with Crippen molar-refractivity contribution in [1.82, 2.24) is 5.32 Å². The molecule has 2 atom stereocenters. The fraction of sp³-hybridized carbons (Fsp3) is 0.529. The Bertz CT molecular complexity index is 608. The summed E-state index contributed by atoms with van der Waals surface area (Å²) < 4.78 is 5.66. The van der Waals surface area contributed by atoms with Crippen LogP contribution in [-0.4, -0.2) is 23.1 Å². The molecule has 0 aromatic heterocycles. The summed E-state index contributed by atoms with van der Waals surface area (Å²) in [7, 11) is 0. The maximum atomic E-state index is 11.2. The van der Waals surface area contributed by atoms with Gasteiger partial charge in [-0.05, 0) is 63.8 Å². The summed E-state index contributed by atoms with van der Waals surface area (Å²) in [5.41, 5.74) is 3.21. The fourth-order valence-corrected chi connectivity index (χ4v) is 2.97. The van der Waals surface area contributed by atoms with E-state index in [2.05, 4.69) is 25.2 Å². The van der Waals surface area contributed by atoms with E-state index in [1.54, 1.807) is 6.07 Å². The summed E-state index contributed by atoms with van der Waals surface area (Å²) in [5, 5.41) is 14.7. The SMILES string of the molecule is Cc1cc([N+](=O)[O-])c(OC(C)C)cc1C1=CC(C)N[C@H](C)C1. The zero-order valence-electron chi connectivity index (χ0n) is 13.8. The minimum Gasteiger partial charge on any atom is -0.484 e. The van der Waals surface area contributed by atoms with Crippen molar-refractivity contribution in [2.24, 2.45) is 0 Å². The molecule has 0 radical (unpaired) electrons. The molecule has 0 fully saturated rings. The number of nitrogens with zero attached hydrogens (tertiary/aromatic N) is 1. The third-order valence-corrected chi connectivity index (χ3v) is 3.74. The maximum absolute atomic E-state index is 11.2. The van der Waals surface area contributed by atoms with E-state index in [1.807, 2.05) is 26.8 Å². The van der Waals surface area contributed by atoms with Crippen molar-refractivity contribution in [3.63, 3.8) is 0 Å². The Morgan fingerprint density at radius 1 is 1.36 bits per heavy atom. The highest BCUT2D eigenvalue weighted by atomic mass is 16.6. The molecule has 0 amide bonds. The van der Waals surface area contributed by atoms with Crippen molar-refractivity contribution in [2.75, 3.05) is 0 Å². The first-order chi connectivity index (χ1) is 10.3. The molecule has 1 aromatic carbocycles. The van der Waals surface area contributed by atoms with Crippen molar-refractivity contribution in [3.05, 3.63) is 39.4 Å². The van der Waals surface area contributed by atoms with Crippen LogP contribution < -0.4 is 10.1 Å². The van der Waals surface area contributed by atoms with Gasteiger partial charge in [0.05, 0.1) is 11.0 Å². The van der Waals surface area contributed by atoms with Crippen LogP contribution in [0.5, 0.6) is 5.75 Å². The van der Waals surface area contributed by atoms with Crippen LogP contribution in [0.15, 0.2) is 18.2 Å². The molecule has 5 heteroatoms. The lowest BCUT2D eigenvalue weighted by molar-refractivity contribution is -0.386. The predicted molar refractivity (Wildman–Crippen MR) is 88.3 cm³/mol. The summed E-state index contributed by atoms with van der Waals surface area (Å²) in [6, 6.07) is 4.12. The predicted octanol–water partition coefficient (Wildman–Crippen LogP) is 3.84. The molecule has 1 aromatic rings. The first kappa shape index (κ1) is 16.5. The number of hydrogen-bond donors (Lipinski definition) is 1. The van der Waals surface area contributed by atoms with E-state index >= 15 is 0 Å². The van der Waals surface area contributed by atoms with Crippen molar-refractivity contribution in [2.45, 2.75) is 59.2 Å². The minimum absolute atomic E-state index is 0.0329. The van der Waals surface area contributed by atoms with Crippen LogP contribution >= 0.6 is 0 Å². The van der Waals surface area contributed by atoms with Gasteiger partial charge in [0.1, 0.15) is 0 Å². The Balaban J connectivity index is 2.50. The Morgan fingerprint density at radius 2 is 2.05 bits per heavy atom. The average Bonchev–Trinajstić information content (AvgIpc) is 2.38. The third-order valence-electron chi connectivity index (χ3n) is 3.74. The molecule has 1 aliphatic rings. The van der Waals surface area contributed by atoms with E-state index in [0.29, 0.717) is 17.8 Å². The van der Waals surface area contributed by atoms with Crippen molar-refractivity contribution < 1.29 is 9.66 Å². The van der Waals surface area contributed by atoms with Crippen LogP contribution in [0.3, 0.4) is 0 Å². The van der Waals surface area contributed by atoms with Gasteiger partial charge in [0.15, 0.2) is 5.75 Å². The molecular weight excluding hydrogens is 280 g/mol. The second kappa shape index (κ2) is 6.48. The highest BCUT2D eigenvalue weighted by Gasteiger charge is 2.23. The van der Waals surface area contributed by atoms with Gasteiger partial charge >= 0.3 is 5.69 Å². The topological polar surface area (TPSA) is 64.4 Å². The van der Waals surface area contributed by atoms with Crippen molar-refractivity contribution >= 4 is 11.3 Å². The standard InChI is InChI=1S/C17H24N2O3/c1-10(2)22-17-9-15(11(3)6-16(17)19(20)21)14-7-12(4)18-13(5)8-14/h6-7,9-10,12-13,18H,8H2,1-5H3/t12?,13-/m1/s1. The van der Waals surface area contributed by atoms with E-state index < -0.39 is 0 Å². The quantitative estimate of drug-likeness (QED) is 0.678. The van der Waals surface area contributed by atoms with E-state index in [9.17, 15) is 10.1 Å². The molecule has 120 valence electrons. The molecule has 0 saturated carbocycles. The molecule has 1 N–H and O–H groups in total. The van der Waals surface area contributed by atoms with Gasteiger partial charge in [0.2, 0.25) is 0 Å². The number of nitrogens with one attached hydrogen (secondary N) is 1. The summed E-state index contributed by atoms with van der Waals surface area (Å²) in [6.07, 6.45) is 2.99. The molecule has 0 bridgehead atoms. The highest BCUT2D eigenvalue weighted by Crippen LogP contribution is 2.36. The number of ether oxygens (including phenoxy) is 1. The lowest BCUT2D eigenvalue weighted by atomic mass is 9.90. The van der Waals surface area contributed by atoms with E-state index in [4.69, 9.17) is 4.74 Å². The largest absolute Gasteiger partial charge is 0.484 e. The summed E-state index contributed by atoms with van der Waals surface area (Å²) >= 11 is 0. The van der Waals surface area contributed by atoms with E-state index in [0.717, 1.165) is 17.5 Å². The van der Waals surface area contributed by atoms with Crippen molar-refractivity contribution in [3.8, 4) is 5.75 Å². The van der Waals surface area contributed by atoms with Crippen molar-refractivity contribution in [1.29, 1.82) is 0 Å². The van der Waals surface area contributed by atoms with Crippen LogP contribution in [0.25, 0.3) is 5.57 Å². The number of nitro benzene ring substituents is 1. The zero-order chi connectivity index (χ0) is 16.4. The van der Waals surface area contributed by atoms with Gasteiger partial charge in [0, 0.05) is 18.2 Å². The van der Waals surface area contributed by atoms with E-state index in [1.165, 1.54) is 5.57 Å². The molecule has 1 unspecified atom stereocenters.